The SMILES string of the molecule is C=C(CNC1CC1)COc1ccc([N+](=O)[O-])c(C)c1. The van der Waals surface area contributed by atoms with E-state index in [2.05, 4.69) is 11.9 Å². The Hall–Kier alpha value is -1.88. The maximum Gasteiger partial charge on any atom is 0.272 e. The number of benzene rings is 1. The Kier molecular flexibility index (Phi) is 4.16. The fraction of sp³-hybridized carbons (Fsp3) is 0.429. The summed E-state index contributed by atoms with van der Waals surface area (Å²) in [5.74, 6) is 0.635. The summed E-state index contributed by atoms with van der Waals surface area (Å²) in [5.41, 5.74) is 1.69. The van der Waals surface area contributed by atoms with Crippen molar-refractivity contribution in [2.24, 2.45) is 0 Å². The molecular formula is C14H18N2O3. The fourth-order valence-electron chi connectivity index (χ4n) is 1.74. The maximum absolute atomic E-state index is 10.7. The molecule has 0 aromatic heterocycles. The molecule has 1 aliphatic carbocycles. The van der Waals surface area contributed by atoms with Gasteiger partial charge in [0.1, 0.15) is 12.4 Å². The summed E-state index contributed by atoms with van der Waals surface area (Å²) in [6.45, 7) is 6.83. The van der Waals surface area contributed by atoms with E-state index in [1.165, 1.54) is 18.9 Å². The summed E-state index contributed by atoms with van der Waals surface area (Å²) in [6, 6.07) is 5.42. The number of rotatable bonds is 7. The van der Waals surface area contributed by atoms with Crippen LogP contribution in [0.4, 0.5) is 5.69 Å². The molecule has 2 rings (SSSR count). The van der Waals surface area contributed by atoms with Crippen molar-refractivity contribution in [3.63, 3.8) is 0 Å². The van der Waals surface area contributed by atoms with E-state index >= 15 is 0 Å². The van der Waals surface area contributed by atoms with Gasteiger partial charge in [0.15, 0.2) is 0 Å². The van der Waals surface area contributed by atoms with Gasteiger partial charge in [-0.1, -0.05) is 6.58 Å². The van der Waals surface area contributed by atoms with Crippen molar-refractivity contribution in [3.8, 4) is 5.75 Å². The molecular weight excluding hydrogens is 244 g/mol. The monoisotopic (exact) mass is 262 g/mol. The molecule has 1 aromatic rings. The third-order valence-corrected chi connectivity index (χ3v) is 3.03. The van der Waals surface area contributed by atoms with E-state index in [-0.39, 0.29) is 5.69 Å². The van der Waals surface area contributed by atoms with Crippen molar-refractivity contribution in [1.82, 2.24) is 5.32 Å². The molecule has 1 N–H and O–H groups in total. The summed E-state index contributed by atoms with van der Waals surface area (Å²) >= 11 is 0. The summed E-state index contributed by atoms with van der Waals surface area (Å²) < 4.78 is 5.57. The Morgan fingerprint density at radius 3 is 2.89 bits per heavy atom. The number of nitro benzene ring substituents is 1. The molecule has 0 atom stereocenters. The van der Waals surface area contributed by atoms with Crippen LogP contribution in [0.3, 0.4) is 0 Å². The van der Waals surface area contributed by atoms with Gasteiger partial charge in [0.2, 0.25) is 0 Å². The largest absolute Gasteiger partial charge is 0.489 e. The topological polar surface area (TPSA) is 64.4 Å². The van der Waals surface area contributed by atoms with Gasteiger partial charge < -0.3 is 10.1 Å². The van der Waals surface area contributed by atoms with Gasteiger partial charge in [0.05, 0.1) is 4.92 Å². The minimum atomic E-state index is -0.391. The van der Waals surface area contributed by atoms with Gasteiger partial charge in [0, 0.05) is 24.2 Å². The van der Waals surface area contributed by atoms with Crippen molar-refractivity contribution in [2.45, 2.75) is 25.8 Å². The van der Waals surface area contributed by atoms with E-state index in [0.29, 0.717) is 24.0 Å². The molecule has 19 heavy (non-hydrogen) atoms. The molecule has 1 aromatic carbocycles. The number of aryl methyl sites for hydroxylation is 1. The Bertz CT molecular complexity index is 495. The van der Waals surface area contributed by atoms with Gasteiger partial charge in [-0.05, 0) is 37.5 Å². The Labute approximate surface area is 112 Å². The second kappa shape index (κ2) is 5.84. The highest BCUT2D eigenvalue weighted by molar-refractivity contribution is 5.44. The molecule has 0 amide bonds. The minimum Gasteiger partial charge on any atom is -0.489 e. The van der Waals surface area contributed by atoms with Crippen molar-refractivity contribution < 1.29 is 9.66 Å². The zero-order chi connectivity index (χ0) is 13.8. The predicted molar refractivity (Wildman–Crippen MR) is 73.5 cm³/mol. The summed E-state index contributed by atoms with van der Waals surface area (Å²) in [5, 5.41) is 14.1. The van der Waals surface area contributed by atoms with Crippen LogP contribution in [0.1, 0.15) is 18.4 Å². The fourth-order valence-corrected chi connectivity index (χ4v) is 1.74. The van der Waals surface area contributed by atoms with Crippen LogP contribution in [0, 0.1) is 17.0 Å². The van der Waals surface area contributed by atoms with Gasteiger partial charge >= 0.3 is 0 Å². The molecule has 1 saturated carbocycles. The summed E-state index contributed by atoms with van der Waals surface area (Å²) in [4.78, 5) is 10.3. The third-order valence-electron chi connectivity index (χ3n) is 3.03. The highest BCUT2D eigenvalue weighted by Crippen LogP contribution is 2.23. The molecule has 102 valence electrons. The molecule has 1 aliphatic rings. The molecule has 0 bridgehead atoms. The first-order valence-electron chi connectivity index (χ1n) is 6.34. The van der Waals surface area contributed by atoms with Crippen LogP contribution in [-0.2, 0) is 0 Å². The first-order chi connectivity index (χ1) is 9.06. The van der Waals surface area contributed by atoms with Gasteiger partial charge in [-0.2, -0.15) is 0 Å². The standard InChI is InChI=1S/C14H18N2O3/c1-10(8-15-12-3-4-12)9-19-13-5-6-14(16(17)18)11(2)7-13/h5-7,12,15H,1,3-4,8-9H2,2H3. The Morgan fingerprint density at radius 2 is 2.32 bits per heavy atom. The van der Waals surface area contributed by atoms with Crippen LogP contribution in [0.2, 0.25) is 0 Å². The Morgan fingerprint density at radius 1 is 1.58 bits per heavy atom. The lowest BCUT2D eigenvalue weighted by Gasteiger charge is -2.10. The van der Waals surface area contributed by atoms with Crippen molar-refractivity contribution in [2.75, 3.05) is 13.2 Å². The van der Waals surface area contributed by atoms with Crippen molar-refractivity contribution >= 4 is 5.69 Å². The van der Waals surface area contributed by atoms with Crippen molar-refractivity contribution in [1.29, 1.82) is 0 Å². The predicted octanol–water partition coefficient (Wildman–Crippen LogP) is 2.59. The second-order valence-electron chi connectivity index (χ2n) is 4.90. The lowest BCUT2D eigenvalue weighted by Crippen LogP contribution is -2.21. The highest BCUT2D eigenvalue weighted by atomic mass is 16.6. The lowest BCUT2D eigenvalue weighted by atomic mass is 10.2. The number of nitrogens with one attached hydrogen (secondary N) is 1. The van der Waals surface area contributed by atoms with Gasteiger partial charge in [-0.3, -0.25) is 10.1 Å². The molecule has 5 nitrogen and oxygen atoms in total. The van der Waals surface area contributed by atoms with E-state index in [9.17, 15) is 10.1 Å². The van der Waals surface area contributed by atoms with E-state index in [1.54, 1.807) is 19.1 Å². The summed E-state index contributed by atoms with van der Waals surface area (Å²) in [7, 11) is 0. The highest BCUT2D eigenvalue weighted by Gasteiger charge is 2.20. The van der Waals surface area contributed by atoms with Crippen molar-refractivity contribution in [3.05, 3.63) is 46.0 Å². The zero-order valence-electron chi connectivity index (χ0n) is 11.0. The first kappa shape index (κ1) is 13.5. The summed E-state index contributed by atoms with van der Waals surface area (Å²) in [6.07, 6.45) is 2.49. The van der Waals surface area contributed by atoms with E-state index in [1.807, 2.05) is 0 Å². The normalized spacial score (nSPS) is 14.2. The number of nitrogens with zero attached hydrogens (tertiary/aromatic N) is 1. The minimum absolute atomic E-state index is 0.113. The van der Waals surface area contributed by atoms with Gasteiger partial charge in [-0.15, -0.1) is 0 Å². The molecule has 0 radical (unpaired) electrons. The molecule has 0 spiro atoms. The van der Waals surface area contributed by atoms with Crippen LogP contribution in [0.15, 0.2) is 30.4 Å². The van der Waals surface area contributed by atoms with E-state index in [4.69, 9.17) is 4.74 Å². The zero-order valence-corrected chi connectivity index (χ0v) is 11.0. The third kappa shape index (κ3) is 4.06. The number of hydrogen-bond donors (Lipinski definition) is 1. The molecule has 0 heterocycles. The van der Waals surface area contributed by atoms with E-state index in [0.717, 1.165) is 12.1 Å². The molecule has 5 heteroatoms. The van der Waals surface area contributed by atoms with Crippen LogP contribution in [-0.4, -0.2) is 24.1 Å². The van der Waals surface area contributed by atoms with Crippen LogP contribution in [0.25, 0.3) is 0 Å². The Balaban J connectivity index is 1.83. The quantitative estimate of drug-likeness (QED) is 0.466. The molecule has 0 aliphatic heterocycles. The van der Waals surface area contributed by atoms with Crippen LogP contribution < -0.4 is 10.1 Å². The number of nitro groups is 1. The van der Waals surface area contributed by atoms with Gasteiger partial charge in [0.25, 0.3) is 5.69 Å². The first-order valence-corrected chi connectivity index (χ1v) is 6.34. The lowest BCUT2D eigenvalue weighted by molar-refractivity contribution is -0.385. The molecule has 0 unspecified atom stereocenters. The second-order valence-corrected chi connectivity index (χ2v) is 4.90. The van der Waals surface area contributed by atoms with Crippen LogP contribution >= 0.6 is 0 Å². The average Bonchev–Trinajstić information content (AvgIpc) is 3.17. The van der Waals surface area contributed by atoms with E-state index < -0.39 is 4.92 Å². The molecule has 1 fully saturated rings. The van der Waals surface area contributed by atoms with Gasteiger partial charge in [-0.25, -0.2) is 0 Å². The number of hydrogen-bond acceptors (Lipinski definition) is 4. The molecule has 0 saturated heterocycles. The van der Waals surface area contributed by atoms with Crippen LogP contribution in [0.5, 0.6) is 5.75 Å². The maximum atomic E-state index is 10.7. The number of ether oxygens (including phenoxy) is 1. The smallest absolute Gasteiger partial charge is 0.272 e. The average molecular weight is 262 g/mol.